The molecule has 0 saturated carbocycles. The maximum absolute atomic E-state index is 5.82. The monoisotopic (exact) mass is 228 g/mol. The molecule has 0 aliphatic heterocycles. The minimum Gasteiger partial charge on any atom is -0.328 e. The molecule has 14 heavy (non-hydrogen) atoms. The lowest BCUT2D eigenvalue weighted by molar-refractivity contribution is 0.735. The molecule has 0 unspecified atom stereocenters. The molecule has 2 heterocycles. The van der Waals surface area contributed by atoms with Gasteiger partial charge in [0.1, 0.15) is 0 Å². The van der Waals surface area contributed by atoms with E-state index in [1.54, 1.807) is 16.9 Å². The number of nitrogens with one attached hydrogen (secondary N) is 1. The highest BCUT2D eigenvalue weighted by Gasteiger charge is 2.06. The van der Waals surface area contributed by atoms with Gasteiger partial charge in [0.2, 0.25) is 0 Å². The Morgan fingerprint density at radius 2 is 2.29 bits per heavy atom. The van der Waals surface area contributed by atoms with E-state index in [1.165, 1.54) is 0 Å². The number of aromatic amines is 1. The summed E-state index contributed by atoms with van der Waals surface area (Å²) >= 11 is 11.0. The van der Waals surface area contributed by atoms with E-state index in [0.29, 0.717) is 9.79 Å². The van der Waals surface area contributed by atoms with Gasteiger partial charge in [-0.05, 0) is 18.3 Å². The first-order chi connectivity index (χ1) is 6.59. The van der Waals surface area contributed by atoms with Crippen molar-refractivity contribution in [1.29, 1.82) is 0 Å². The Balaban J connectivity index is 2.84. The predicted molar refractivity (Wildman–Crippen MR) is 60.0 cm³/mol. The molecule has 0 spiro atoms. The van der Waals surface area contributed by atoms with Crippen LogP contribution in [-0.2, 0) is 0 Å². The van der Waals surface area contributed by atoms with Crippen LogP contribution in [0.3, 0.4) is 0 Å². The zero-order chi connectivity index (χ0) is 10.3. The second-order valence-corrected chi connectivity index (χ2v) is 3.94. The third-order valence-corrected chi connectivity index (χ3v) is 2.35. The van der Waals surface area contributed by atoms with Gasteiger partial charge < -0.3 is 9.99 Å². The molecule has 1 N–H and O–H groups in total. The molecule has 2 aromatic heterocycles. The topological polar surface area (TPSA) is 36.9 Å². The van der Waals surface area contributed by atoms with E-state index in [2.05, 4.69) is 9.97 Å². The van der Waals surface area contributed by atoms with Crippen LogP contribution in [0.25, 0.3) is 11.2 Å². The summed E-state index contributed by atoms with van der Waals surface area (Å²) in [5, 5.41) is 2.46. The molecule has 0 amide bonds. The molecule has 0 aromatic carbocycles. The van der Waals surface area contributed by atoms with Gasteiger partial charge in [0.15, 0.2) is 10.4 Å². The van der Waals surface area contributed by atoms with Gasteiger partial charge in [0, 0.05) is 20.3 Å². The molecule has 0 saturated heterocycles. The van der Waals surface area contributed by atoms with Crippen molar-refractivity contribution in [3.63, 3.8) is 0 Å². The Kier molecular flexibility index (Phi) is 2.20. The number of halogens is 1. The molecule has 0 fully saturated rings. The number of pyridine rings is 1. The molecule has 2 rings (SSSR count). The summed E-state index contributed by atoms with van der Waals surface area (Å²) in [4.78, 5) is 7.25. The third-order valence-electron chi connectivity index (χ3n) is 1.87. The maximum atomic E-state index is 5.82. The summed E-state index contributed by atoms with van der Waals surface area (Å²) in [7, 11) is 3.80. The fourth-order valence-electron chi connectivity index (χ4n) is 1.33. The molecule has 2 aromatic rings. The van der Waals surface area contributed by atoms with Gasteiger partial charge in [-0.2, -0.15) is 0 Å². The maximum Gasteiger partial charge on any atom is 0.198 e. The summed E-state index contributed by atoms with van der Waals surface area (Å²) in [6, 6.07) is 1.81. The first kappa shape index (κ1) is 9.48. The molecular weight excluding hydrogens is 220 g/mol. The third kappa shape index (κ3) is 1.38. The van der Waals surface area contributed by atoms with Crippen molar-refractivity contribution in [3.05, 3.63) is 22.1 Å². The summed E-state index contributed by atoms with van der Waals surface area (Å²) in [5.74, 6) is 0. The van der Waals surface area contributed by atoms with Gasteiger partial charge in [-0.1, -0.05) is 11.6 Å². The lowest BCUT2D eigenvalue weighted by Gasteiger charge is -2.13. The molecule has 0 bridgehead atoms. The van der Waals surface area contributed by atoms with Crippen molar-refractivity contribution in [3.8, 4) is 0 Å². The van der Waals surface area contributed by atoms with E-state index in [0.717, 1.165) is 11.2 Å². The molecule has 4 nitrogen and oxygen atoms in total. The first-order valence-electron chi connectivity index (χ1n) is 4.03. The summed E-state index contributed by atoms with van der Waals surface area (Å²) < 4.78 is 2.42. The summed E-state index contributed by atoms with van der Waals surface area (Å²) in [6.07, 6.45) is 1.60. The summed E-state index contributed by atoms with van der Waals surface area (Å²) in [6.45, 7) is 0. The molecule has 0 radical (unpaired) electrons. The van der Waals surface area contributed by atoms with Crippen molar-refractivity contribution >= 4 is 35.0 Å². The van der Waals surface area contributed by atoms with Crippen LogP contribution < -0.4 is 5.01 Å². The highest BCUT2D eigenvalue weighted by molar-refractivity contribution is 7.71. The average molecular weight is 229 g/mol. The number of hydrogen-bond acceptors (Lipinski definition) is 3. The van der Waals surface area contributed by atoms with E-state index in [9.17, 15) is 0 Å². The van der Waals surface area contributed by atoms with Gasteiger partial charge in [0.25, 0.3) is 0 Å². The van der Waals surface area contributed by atoms with Crippen molar-refractivity contribution in [2.75, 3.05) is 19.1 Å². The molecule has 74 valence electrons. The van der Waals surface area contributed by atoms with Crippen LogP contribution in [0.2, 0.25) is 5.02 Å². The lowest BCUT2D eigenvalue weighted by atomic mass is 10.4. The second-order valence-electron chi connectivity index (χ2n) is 3.11. The number of aromatic nitrogens is 3. The number of fused-ring (bicyclic) bond motifs is 1. The van der Waals surface area contributed by atoms with Crippen molar-refractivity contribution < 1.29 is 0 Å². The Morgan fingerprint density at radius 3 is 2.93 bits per heavy atom. The predicted octanol–water partition coefficient (Wildman–Crippen LogP) is 1.94. The van der Waals surface area contributed by atoms with Gasteiger partial charge in [-0.15, -0.1) is 0 Å². The van der Waals surface area contributed by atoms with E-state index in [1.807, 2.05) is 19.1 Å². The minimum absolute atomic E-state index is 0.597. The van der Waals surface area contributed by atoms with Gasteiger partial charge >= 0.3 is 0 Å². The Labute approximate surface area is 91.1 Å². The normalized spacial score (nSPS) is 10.8. The lowest BCUT2D eigenvalue weighted by Crippen LogP contribution is -2.24. The summed E-state index contributed by atoms with van der Waals surface area (Å²) in [5.41, 5.74) is 1.63. The van der Waals surface area contributed by atoms with Crippen molar-refractivity contribution in [2.24, 2.45) is 0 Å². The second kappa shape index (κ2) is 3.25. The quantitative estimate of drug-likeness (QED) is 0.758. The van der Waals surface area contributed by atoms with Crippen LogP contribution in [0, 0.1) is 4.77 Å². The van der Waals surface area contributed by atoms with E-state index in [4.69, 9.17) is 23.8 Å². The van der Waals surface area contributed by atoms with Crippen LogP contribution in [0.1, 0.15) is 0 Å². The van der Waals surface area contributed by atoms with E-state index >= 15 is 0 Å². The SMILES string of the molecule is CN(C)n1c(=S)[nH]c2cc(Cl)cnc21. The van der Waals surface area contributed by atoms with Crippen LogP contribution in [0.4, 0.5) is 0 Å². The fourth-order valence-corrected chi connectivity index (χ4v) is 1.85. The van der Waals surface area contributed by atoms with Crippen LogP contribution in [0.15, 0.2) is 12.3 Å². The van der Waals surface area contributed by atoms with Gasteiger partial charge in [-0.3, -0.25) is 0 Å². The standard InChI is InChI=1S/C8H9ClN4S/c1-12(2)13-7-6(11-8(13)14)3-5(9)4-10-7/h3-4H,1-2H3,(H,11,14). The number of rotatable bonds is 1. The molecule has 0 aliphatic carbocycles. The number of nitrogens with zero attached hydrogens (tertiary/aromatic N) is 3. The smallest absolute Gasteiger partial charge is 0.198 e. The van der Waals surface area contributed by atoms with Gasteiger partial charge in [0.05, 0.1) is 10.5 Å². The first-order valence-corrected chi connectivity index (χ1v) is 4.82. The number of H-pyrrole nitrogens is 1. The zero-order valence-electron chi connectivity index (χ0n) is 7.78. The van der Waals surface area contributed by atoms with Crippen LogP contribution in [0.5, 0.6) is 0 Å². The van der Waals surface area contributed by atoms with Crippen molar-refractivity contribution in [1.82, 2.24) is 14.6 Å². The fraction of sp³-hybridized carbons (Fsp3) is 0.250. The molecule has 6 heteroatoms. The van der Waals surface area contributed by atoms with E-state index in [-0.39, 0.29) is 0 Å². The Bertz CT molecular complexity index is 528. The number of hydrogen-bond donors (Lipinski definition) is 1. The number of imidazole rings is 1. The highest BCUT2D eigenvalue weighted by Crippen LogP contribution is 2.15. The Hall–Kier alpha value is -1.07. The molecular formula is C8H9ClN4S. The highest BCUT2D eigenvalue weighted by atomic mass is 35.5. The van der Waals surface area contributed by atoms with Crippen LogP contribution >= 0.6 is 23.8 Å². The molecule has 0 atom stereocenters. The van der Waals surface area contributed by atoms with Gasteiger partial charge in [-0.25, -0.2) is 9.66 Å². The average Bonchev–Trinajstić information content (AvgIpc) is 2.39. The zero-order valence-corrected chi connectivity index (χ0v) is 9.35. The Morgan fingerprint density at radius 1 is 1.57 bits per heavy atom. The van der Waals surface area contributed by atoms with Crippen LogP contribution in [-0.4, -0.2) is 28.7 Å². The van der Waals surface area contributed by atoms with Crippen molar-refractivity contribution in [2.45, 2.75) is 0 Å². The van der Waals surface area contributed by atoms with E-state index < -0.39 is 0 Å². The minimum atomic E-state index is 0.597. The molecule has 0 aliphatic rings. The largest absolute Gasteiger partial charge is 0.328 e.